The van der Waals surface area contributed by atoms with Crippen molar-refractivity contribution >= 4 is 31.9 Å². The second kappa shape index (κ2) is 4.63. The highest BCUT2D eigenvalue weighted by Crippen LogP contribution is 2.35. The number of hydrogen-bond donors (Lipinski definition) is 0. The Morgan fingerprint density at radius 1 is 0.875 bits per heavy atom. The smallest absolute Gasteiger partial charge is 0.138 e. The fourth-order valence-corrected chi connectivity index (χ4v) is 2.46. The Morgan fingerprint density at radius 3 is 2.31 bits per heavy atom. The predicted octanol–water partition coefficient (Wildman–Crippen LogP) is 5.16. The van der Waals surface area contributed by atoms with Crippen molar-refractivity contribution in [1.29, 1.82) is 0 Å². The third kappa shape index (κ3) is 2.18. The second-order valence-corrected chi connectivity index (χ2v) is 4.87. The van der Waals surface area contributed by atoms with Gasteiger partial charge in [-0.15, -0.1) is 0 Å². The summed E-state index contributed by atoms with van der Waals surface area (Å²) in [5.74, 6) is -0.670. The SMILES string of the molecule is Fc1ccc(-c2cccc(F)c2Br)c(Br)c1. The monoisotopic (exact) mass is 346 g/mol. The average molecular weight is 348 g/mol. The van der Waals surface area contributed by atoms with E-state index in [1.54, 1.807) is 18.2 Å². The van der Waals surface area contributed by atoms with Gasteiger partial charge in [-0.3, -0.25) is 0 Å². The molecule has 0 aliphatic carbocycles. The van der Waals surface area contributed by atoms with Gasteiger partial charge in [0, 0.05) is 4.47 Å². The van der Waals surface area contributed by atoms with Crippen molar-refractivity contribution in [3.8, 4) is 11.1 Å². The Morgan fingerprint density at radius 2 is 1.62 bits per heavy atom. The summed E-state index contributed by atoms with van der Waals surface area (Å²) >= 11 is 6.44. The highest BCUT2D eigenvalue weighted by atomic mass is 79.9. The van der Waals surface area contributed by atoms with Crippen LogP contribution in [0.2, 0.25) is 0 Å². The van der Waals surface area contributed by atoms with Crippen LogP contribution in [0.25, 0.3) is 11.1 Å². The molecule has 0 nitrogen and oxygen atoms in total. The average Bonchev–Trinajstić information content (AvgIpc) is 2.23. The molecule has 4 heteroatoms. The lowest BCUT2D eigenvalue weighted by Crippen LogP contribution is -1.86. The Balaban J connectivity index is 2.63. The number of benzene rings is 2. The van der Waals surface area contributed by atoms with E-state index >= 15 is 0 Å². The molecule has 16 heavy (non-hydrogen) atoms. The van der Waals surface area contributed by atoms with E-state index in [-0.39, 0.29) is 11.6 Å². The Hall–Kier alpha value is -0.740. The highest BCUT2D eigenvalue weighted by Gasteiger charge is 2.10. The van der Waals surface area contributed by atoms with E-state index in [0.29, 0.717) is 14.5 Å². The Bertz CT molecular complexity index is 539. The van der Waals surface area contributed by atoms with Crippen molar-refractivity contribution in [2.24, 2.45) is 0 Å². The maximum atomic E-state index is 13.3. The highest BCUT2D eigenvalue weighted by molar-refractivity contribution is 9.11. The number of hydrogen-bond acceptors (Lipinski definition) is 0. The molecule has 0 heterocycles. The quantitative estimate of drug-likeness (QED) is 0.668. The summed E-state index contributed by atoms with van der Waals surface area (Å²) in [5, 5.41) is 0. The van der Waals surface area contributed by atoms with Crippen LogP contribution >= 0.6 is 31.9 Å². The zero-order valence-electron chi connectivity index (χ0n) is 7.98. The lowest BCUT2D eigenvalue weighted by atomic mass is 10.1. The van der Waals surface area contributed by atoms with Crippen LogP contribution in [0.1, 0.15) is 0 Å². The van der Waals surface area contributed by atoms with E-state index in [1.807, 2.05) is 0 Å². The van der Waals surface area contributed by atoms with Gasteiger partial charge in [-0.25, -0.2) is 8.78 Å². The van der Waals surface area contributed by atoms with Crippen molar-refractivity contribution < 1.29 is 8.78 Å². The molecular formula is C12H6Br2F2. The van der Waals surface area contributed by atoms with E-state index in [1.165, 1.54) is 18.2 Å². The summed E-state index contributed by atoms with van der Waals surface area (Å²) < 4.78 is 27.2. The molecule has 2 aromatic rings. The van der Waals surface area contributed by atoms with Crippen molar-refractivity contribution in [1.82, 2.24) is 0 Å². The van der Waals surface area contributed by atoms with Crippen LogP contribution in [-0.2, 0) is 0 Å². The fourth-order valence-electron chi connectivity index (χ4n) is 1.42. The van der Waals surface area contributed by atoms with Gasteiger partial charge in [0.2, 0.25) is 0 Å². The van der Waals surface area contributed by atoms with Gasteiger partial charge in [-0.1, -0.05) is 34.1 Å². The molecule has 0 unspecified atom stereocenters. The van der Waals surface area contributed by atoms with E-state index < -0.39 is 0 Å². The maximum Gasteiger partial charge on any atom is 0.138 e. The fraction of sp³-hybridized carbons (Fsp3) is 0. The van der Waals surface area contributed by atoms with Crippen LogP contribution in [0.15, 0.2) is 45.3 Å². The maximum absolute atomic E-state index is 13.3. The predicted molar refractivity (Wildman–Crippen MR) is 67.2 cm³/mol. The van der Waals surface area contributed by atoms with Gasteiger partial charge in [0.05, 0.1) is 4.47 Å². The van der Waals surface area contributed by atoms with Crippen LogP contribution in [0, 0.1) is 11.6 Å². The zero-order chi connectivity index (χ0) is 11.7. The van der Waals surface area contributed by atoms with E-state index in [9.17, 15) is 8.78 Å². The topological polar surface area (TPSA) is 0 Å². The minimum Gasteiger partial charge on any atom is -0.207 e. The summed E-state index contributed by atoms with van der Waals surface area (Å²) in [7, 11) is 0. The lowest BCUT2D eigenvalue weighted by molar-refractivity contribution is 0.621. The molecule has 0 N–H and O–H groups in total. The van der Waals surface area contributed by atoms with Crippen molar-refractivity contribution in [3.05, 3.63) is 57.0 Å². The summed E-state index contributed by atoms with van der Waals surface area (Å²) in [4.78, 5) is 0. The second-order valence-electron chi connectivity index (χ2n) is 3.23. The lowest BCUT2D eigenvalue weighted by Gasteiger charge is -2.07. The summed E-state index contributed by atoms with van der Waals surface area (Å²) in [5.41, 5.74) is 1.43. The molecule has 2 rings (SSSR count). The van der Waals surface area contributed by atoms with Crippen LogP contribution in [0.4, 0.5) is 8.78 Å². The molecule has 0 saturated heterocycles. The molecule has 0 aromatic heterocycles. The van der Waals surface area contributed by atoms with Gasteiger partial charge < -0.3 is 0 Å². The third-order valence-electron chi connectivity index (χ3n) is 2.17. The number of halogens is 4. The van der Waals surface area contributed by atoms with Gasteiger partial charge >= 0.3 is 0 Å². The van der Waals surface area contributed by atoms with Crippen molar-refractivity contribution in [2.75, 3.05) is 0 Å². The summed E-state index contributed by atoms with van der Waals surface area (Å²) in [6.07, 6.45) is 0. The minimum absolute atomic E-state index is 0.330. The first kappa shape index (κ1) is 11.7. The first-order valence-corrected chi connectivity index (χ1v) is 6.07. The zero-order valence-corrected chi connectivity index (χ0v) is 11.1. The van der Waals surface area contributed by atoms with Crippen molar-refractivity contribution in [3.63, 3.8) is 0 Å². The molecule has 0 radical (unpaired) electrons. The summed E-state index contributed by atoms with van der Waals surface area (Å²) in [6, 6.07) is 9.06. The van der Waals surface area contributed by atoms with Crippen LogP contribution < -0.4 is 0 Å². The Kier molecular flexibility index (Phi) is 3.40. The van der Waals surface area contributed by atoms with Crippen molar-refractivity contribution in [2.45, 2.75) is 0 Å². The van der Waals surface area contributed by atoms with E-state index in [4.69, 9.17) is 0 Å². The van der Waals surface area contributed by atoms with E-state index in [2.05, 4.69) is 31.9 Å². The first-order chi connectivity index (χ1) is 7.59. The minimum atomic E-state index is -0.339. The molecule has 0 aliphatic rings. The van der Waals surface area contributed by atoms with Gasteiger partial charge in [0.15, 0.2) is 0 Å². The molecule has 0 amide bonds. The normalized spacial score (nSPS) is 10.5. The molecule has 2 aromatic carbocycles. The molecular weight excluding hydrogens is 342 g/mol. The number of rotatable bonds is 1. The molecule has 0 atom stereocenters. The summed E-state index contributed by atoms with van der Waals surface area (Å²) in [6.45, 7) is 0. The molecule has 0 spiro atoms. The van der Waals surface area contributed by atoms with Gasteiger partial charge in [0.1, 0.15) is 11.6 Å². The first-order valence-electron chi connectivity index (χ1n) is 4.49. The molecule has 0 saturated carbocycles. The third-order valence-corrected chi connectivity index (χ3v) is 3.63. The van der Waals surface area contributed by atoms with Crippen LogP contribution in [0.3, 0.4) is 0 Å². The van der Waals surface area contributed by atoms with Crippen LogP contribution in [0.5, 0.6) is 0 Å². The molecule has 0 bridgehead atoms. The molecule has 0 fully saturated rings. The largest absolute Gasteiger partial charge is 0.207 e. The van der Waals surface area contributed by atoms with Gasteiger partial charge in [-0.2, -0.15) is 0 Å². The van der Waals surface area contributed by atoms with E-state index in [0.717, 1.165) is 5.56 Å². The van der Waals surface area contributed by atoms with Gasteiger partial charge in [-0.05, 0) is 45.3 Å². The molecule has 0 aliphatic heterocycles. The standard InChI is InChI=1S/C12H6Br2F2/c13-10-6-7(15)4-5-8(10)9-2-1-3-11(16)12(9)14/h1-6H. The van der Waals surface area contributed by atoms with Crippen LogP contribution in [-0.4, -0.2) is 0 Å². The Labute approximate surface area is 109 Å². The van der Waals surface area contributed by atoms with Gasteiger partial charge in [0.25, 0.3) is 0 Å². The molecule has 82 valence electrons.